The molecule has 1 N–H and O–H groups in total. The van der Waals surface area contributed by atoms with E-state index >= 15 is 0 Å². The quantitative estimate of drug-likeness (QED) is 0.145. The number of methoxy groups -OCH3 is 2. The second-order valence-electron chi connectivity index (χ2n) is 10.5. The topological polar surface area (TPSA) is 225 Å². The van der Waals surface area contributed by atoms with E-state index < -0.39 is 27.8 Å². The maximum atomic E-state index is 12.5. The van der Waals surface area contributed by atoms with Crippen LogP contribution in [0.25, 0.3) is 22.3 Å². The molecule has 0 radical (unpaired) electrons. The van der Waals surface area contributed by atoms with Crippen molar-refractivity contribution >= 4 is 37.5 Å². The minimum atomic E-state index is -3.26. The molecule has 288 valence electrons. The molecule has 0 spiro atoms. The molecule has 52 heavy (non-hydrogen) atoms. The molecule has 20 nitrogen and oxygen atoms in total. The van der Waals surface area contributed by atoms with Gasteiger partial charge < -0.3 is 46.9 Å². The molecule has 0 aromatic carbocycles. The van der Waals surface area contributed by atoms with Crippen molar-refractivity contribution in [3.05, 3.63) is 37.6 Å². The summed E-state index contributed by atoms with van der Waals surface area (Å²) < 4.78 is 74.3. The number of aliphatic hydroxyl groups excluding tert-OH is 1. The number of nitrogens with zero attached hydrogens (tertiary/aromatic N) is 8. The van der Waals surface area contributed by atoms with Gasteiger partial charge in [-0.3, -0.25) is 18.3 Å². The molecule has 1 saturated heterocycles. The molecule has 2 aliphatic heterocycles. The van der Waals surface area contributed by atoms with Gasteiger partial charge in [0.05, 0.1) is 53.2 Å². The lowest BCUT2D eigenvalue weighted by Gasteiger charge is -2.20. The second-order valence-corrected chi connectivity index (χ2v) is 14.6. The van der Waals surface area contributed by atoms with Gasteiger partial charge in [0.15, 0.2) is 41.2 Å². The van der Waals surface area contributed by atoms with Crippen molar-refractivity contribution in [3.8, 4) is 11.8 Å². The van der Waals surface area contributed by atoms with Gasteiger partial charge in [0, 0.05) is 12.8 Å². The van der Waals surface area contributed by atoms with Gasteiger partial charge in [-0.1, -0.05) is 0 Å². The van der Waals surface area contributed by atoms with Crippen LogP contribution in [0, 0.1) is 0 Å². The molecule has 6 heterocycles. The van der Waals surface area contributed by atoms with Crippen LogP contribution in [0.3, 0.4) is 0 Å². The predicted octanol–water partition coefficient (Wildman–Crippen LogP) is 5.18. The van der Waals surface area contributed by atoms with Crippen LogP contribution >= 0.6 is 15.2 Å². The van der Waals surface area contributed by atoms with E-state index in [4.69, 9.17) is 46.9 Å². The first-order chi connectivity index (χ1) is 25.2. The summed E-state index contributed by atoms with van der Waals surface area (Å²) in [7, 11) is -3.31. The smallest absolute Gasteiger partial charge is 0.356 e. The van der Waals surface area contributed by atoms with Crippen molar-refractivity contribution in [2.75, 3.05) is 53.3 Å². The van der Waals surface area contributed by atoms with Crippen LogP contribution in [-0.4, -0.2) is 104 Å². The Kier molecular flexibility index (Phi) is 15.9. The van der Waals surface area contributed by atoms with Crippen LogP contribution < -0.4 is 9.47 Å². The Bertz CT molecular complexity index is 1800. The number of hydrogen-bond acceptors (Lipinski definition) is 18. The maximum Gasteiger partial charge on any atom is 0.356 e. The average molecular weight is 773 g/mol. The maximum absolute atomic E-state index is 12.5. The van der Waals surface area contributed by atoms with Crippen LogP contribution in [0.2, 0.25) is 0 Å². The van der Waals surface area contributed by atoms with E-state index in [-0.39, 0.29) is 45.2 Å². The lowest BCUT2D eigenvalue weighted by Crippen LogP contribution is -2.16. The molecule has 2 aliphatic rings. The first-order valence-electron chi connectivity index (χ1n) is 16.6. The molecule has 0 aliphatic carbocycles. The zero-order chi connectivity index (χ0) is 37.6. The highest BCUT2D eigenvalue weighted by molar-refractivity contribution is 7.53. The van der Waals surface area contributed by atoms with E-state index in [1.165, 1.54) is 19.8 Å². The summed E-state index contributed by atoms with van der Waals surface area (Å²) in [6.07, 6.45) is 10.5. The van der Waals surface area contributed by atoms with Gasteiger partial charge in [0.2, 0.25) is 11.8 Å². The molecule has 22 heteroatoms. The number of hydrogen-bond donors (Lipinski definition) is 1. The van der Waals surface area contributed by atoms with E-state index in [0.29, 0.717) is 41.3 Å². The normalized spacial score (nSPS) is 18.5. The summed E-state index contributed by atoms with van der Waals surface area (Å²) in [6.45, 7) is 8.06. The summed E-state index contributed by atoms with van der Waals surface area (Å²) in [5, 5.41) is 8.53. The predicted molar refractivity (Wildman–Crippen MR) is 186 cm³/mol. The van der Waals surface area contributed by atoms with Gasteiger partial charge in [0.1, 0.15) is 31.6 Å². The van der Waals surface area contributed by atoms with Crippen LogP contribution in [-0.2, 0) is 41.4 Å². The SMILES string of the molecule is CCOP(=O)(CO)OCC.CCOP(=O)(COC1CCC(n2cnc3c(OC)ncnc32)O1)OCC.COc1ncnc2c1ncn2C1CC=CO1. The molecule has 6 rings (SSSR count). The van der Waals surface area contributed by atoms with Crippen molar-refractivity contribution < 1.29 is 56.0 Å². The van der Waals surface area contributed by atoms with Crippen molar-refractivity contribution in [1.82, 2.24) is 39.0 Å². The van der Waals surface area contributed by atoms with E-state index in [0.717, 1.165) is 12.1 Å². The van der Waals surface area contributed by atoms with Gasteiger partial charge in [-0.25, -0.2) is 19.9 Å². The van der Waals surface area contributed by atoms with Crippen LogP contribution in [0.4, 0.5) is 0 Å². The Balaban J connectivity index is 0.000000197. The summed E-state index contributed by atoms with van der Waals surface area (Å²) in [6, 6.07) is 0. The molecule has 1 fully saturated rings. The Morgan fingerprint density at radius 3 is 1.73 bits per heavy atom. The highest BCUT2D eigenvalue weighted by Gasteiger charge is 2.32. The second kappa shape index (κ2) is 20.0. The van der Waals surface area contributed by atoms with Gasteiger partial charge in [-0.15, -0.1) is 0 Å². The van der Waals surface area contributed by atoms with Gasteiger partial charge in [-0.2, -0.15) is 9.97 Å². The standard InChI is InChI=1S/C15H23N4O6P.C10H10N4O2.C5H13O4P/c1-4-23-26(20,24-5-2)10-22-12-7-6-11(25-12)19-9-18-13-14(19)16-8-17-15(13)21-3;1-15-10-8-9(11-5-12-10)14(6-13-8)7-3-2-4-16-7;1-3-8-10(7,5-6)9-4-2/h8-9,11-12H,4-7,10H2,1-3H3;2,4-7H,3H2,1H3;6H,3-5H2,1-2H3. The first-order valence-corrected chi connectivity index (χ1v) is 20.0. The molecule has 0 saturated carbocycles. The van der Waals surface area contributed by atoms with E-state index in [2.05, 4.69) is 29.9 Å². The van der Waals surface area contributed by atoms with Crippen LogP contribution in [0.15, 0.2) is 37.6 Å². The number of aromatic nitrogens is 8. The number of ether oxygens (including phenoxy) is 5. The fourth-order valence-corrected chi connectivity index (χ4v) is 7.43. The molecule has 4 aromatic heterocycles. The average Bonchev–Trinajstić information content (AvgIpc) is 3.98. The van der Waals surface area contributed by atoms with Gasteiger partial charge in [0.25, 0.3) is 0 Å². The van der Waals surface area contributed by atoms with Crippen LogP contribution in [0.5, 0.6) is 11.8 Å². The zero-order valence-electron chi connectivity index (χ0n) is 30.0. The summed E-state index contributed by atoms with van der Waals surface area (Å²) in [5.41, 5.74) is 2.57. The first kappa shape index (κ1) is 41.2. The molecule has 4 aromatic rings. The van der Waals surface area contributed by atoms with Crippen LogP contribution in [0.1, 0.15) is 59.4 Å². The van der Waals surface area contributed by atoms with Crippen molar-refractivity contribution in [2.24, 2.45) is 0 Å². The Labute approximate surface area is 300 Å². The highest BCUT2D eigenvalue weighted by Crippen LogP contribution is 2.49. The van der Waals surface area contributed by atoms with E-state index in [1.807, 2.05) is 15.2 Å². The molecule has 0 bridgehead atoms. The lowest BCUT2D eigenvalue weighted by molar-refractivity contribution is -0.141. The summed E-state index contributed by atoms with van der Waals surface area (Å²) in [4.78, 5) is 25.0. The third kappa shape index (κ3) is 10.5. The summed E-state index contributed by atoms with van der Waals surface area (Å²) >= 11 is 0. The Morgan fingerprint density at radius 2 is 1.27 bits per heavy atom. The van der Waals surface area contributed by atoms with Crippen molar-refractivity contribution in [2.45, 2.75) is 65.7 Å². The number of fused-ring (bicyclic) bond motifs is 2. The molecule has 0 amide bonds. The minimum Gasteiger partial charge on any atom is -0.479 e. The molecular formula is C30H46N8O12P2. The number of rotatable bonds is 16. The zero-order valence-corrected chi connectivity index (χ0v) is 31.8. The monoisotopic (exact) mass is 772 g/mol. The third-order valence-electron chi connectivity index (χ3n) is 7.18. The largest absolute Gasteiger partial charge is 0.479 e. The Morgan fingerprint density at radius 1 is 0.750 bits per heavy atom. The lowest BCUT2D eigenvalue weighted by atomic mass is 10.3. The van der Waals surface area contributed by atoms with E-state index in [1.54, 1.807) is 53.7 Å². The molecular weight excluding hydrogens is 726 g/mol. The highest BCUT2D eigenvalue weighted by atomic mass is 31.2. The minimum absolute atomic E-state index is 0.0652. The number of imidazole rings is 2. The van der Waals surface area contributed by atoms with Crippen molar-refractivity contribution in [1.29, 1.82) is 0 Å². The third-order valence-corrected chi connectivity index (χ3v) is 10.6. The fraction of sp³-hybridized carbons (Fsp3) is 0.600. The number of aliphatic hydroxyl groups is 1. The van der Waals surface area contributed by atoms with Gasteiger partial charge >= 0.3 is 15.2 Å². The van der Waals surface area contributed by atoms with Crippen molar-refractivity contribution in [3.63, 3.8) is 0 Å². The van der Waals surface area contributed by atoms with Gasteiger partial charge in [-0.05, 0) is 40.2 Å². The fourth-order valence-electron chi connectivity index (χ4n) is 5.04. The molecule has 3 atom stereocenters. The Hall–Kier alpha value is -3.58. The summed E-state index contributed by atoms with van der Waals surface area (Å²) in [5.74, 6) is 0.892. The van der Waals surface area contributed by atoms with E-state index in [9.17, 15) is 9.13 Å². The molecule has 3 unspecified atom stereocenters.